The molecule has 3 rings (SSSR count). The molecule has 3 aromatic rings. The molecule has 7 heteroatoms. The van der Waals surface area contributed by atoms with Gasteiger partial charge in [0.1, 0.15) is 5.75 Å². The third-order valence-electron chi connectivity index (χ3n) is 3.92. The lowest BCUT2D eigenvalue weighted by Gasteiger charge is -2.12. The number of benzene rings is 2. The van der Waals surface area contributed by atoms with Crippen LogP contribution in [0.2, 0.25) is 0 Å². The van der Waals surface area contributed by atoms with Crippen molar-refractivity contribution in [3.05, 3.63) is 53.7 Å². The summed E-state index contributed by atoms with van der Waals surface area (Å²) in [4.78, 5) is 15.4. The molecular formula is C19H19N3O4. The van der Waals surface area contributed by atoms with E-state index in [1.807, 2.05) is 24.3 Å². The number of fused-ring (bicyclic) bond motifs is 1. The lowest BCUT2D eigenvalue weighted by atomic mass is 10.2. The summed E-state index contributed by atoms with van der Waals surface area (Å²) in [5, 5.41) is 4.87. The van der Waals surface area contributed by atoms with E-state index in [1.54, 1.807) is 25.4 Å². The van der Waals surface area contributed by atoms with Gasteiger partial charge in [0.05, 0.1) is 33.1 Å². The first-order valence-electron chi connectivity index (χ1n) is 7.87. The summed E-state index contributed by atoms with van der Waals surface area (Å²) in [6, 6.07) is 11.0. The molecule has 0 aliphatic heterocycles. The van der Waals surface area contributed by atoms with Crippen LogP contribution >= 0.6 is 0 Å². The van der Waals surface area contributed by atoms with Crippen molar-refractivity contribution in [2.75, 3.05) is 21.3 Å². The molecule has 0 saturated heterocycles. The van der Waals surface area contributed by atoms with Crippen molar-refractivity contribution in [1.82, 2.24) is 10.4 Å². The lowest BCUT2D eigenvalue weighted by molar-refractivity contribution is 0.0957. The zero-order valence-electron chi connectivity index (χ0n) is 14.7. The van der Waals surface area contributed by atoms with Gasteiger partial charge >= 0.3 is 0 Å². The molecule has 0 aliphatic carbocycles. The zero-order valence-corrected chi connectivity index (χ0v) is 14.7. The van der Waals surface area contributed by atoms with Crippen molar-refractivity contribution >= 4 is 23.0 Å². The second-order valence-electron chi connectivity index (χ2n) is 5.40. The highest BCUT2D eigenvalue weighted by atomic mass is 16.5. The molecule has 0 radical (unpaired) electrons. The summed E-state index contributed by atoms with van der Waals surface area (Å²) in [5.41, 5.74) is 4.55. The molecule has 7 nitrogen and oxygen atoms in total. The number of aromatic nitrogens is 1. The van der Waals surface area contributed by atoms with E-state index in [4.69, 9.17) is 14.2 Å². The Morgan fingerprint density at radius 2 is 1.92 bits per heavy atom. The van der Waals surface area contributed by atoms with Gasteiger partial charge < -0.3 is 19.2 Å². The van der Waals surface area contributed by atoms with Gasteiger partial charge in [-0.3, -0.25) is 4.79 Å². The van der Waals surface area contributed by atoms with Crippen molar-refractivity contribution in [3.63, 3.8) is 0 Å². The van der Waals surface area contributed by atoms with Gasteiger partial charge in [0.15, 0.2) is 11.5 Å². The van der Waals surface area contributed by atoms with Crippen molar-refractivity contribution in [2.45, 2.75) is 0 Å². The lowest BCUT2D eigenvalue weighted by Crippen LogP contribution is -2.17. The summed E-state index contributed by atoms with van der Waals surface area (Å²) in [6.45, 7) is 0. The van der Waals surface area contributed by atoms with E-state index < -0.39 is 0 Å². The number of hydrogen-bond acceptors (Lipinski definition) is 5. The average molecular weight is 353 g/mol. The standard InChI is InChI=1S/C19H19N3O4/c1-24-13-8-12(18(26-3)17(9-13)25-2)10-21-22-19(23)15-11-20-16-7-5-4-6-14(15)16/h4-11,20H,1-3H3,(H,22,23)/b21-10-. The summed E-state index contributed by atoms with van der Waals surface area (Å²) < 4.78 is 15.9. The second kappa shape index (κ2) is 7.60. The maximum atomic E-state index is 12.4. The number of nitrogens with zero attached hydrogens (tertiary/aromatic N) is 1. The minimum atomic E-state index is -0.312. The van der Waals surface area contributed by atoms with Crippen molar-refractivity contribution in [1.29, 1.82) is 0 Å². The summed E-state index contributed by atoms with van der Waals surface area (Å²) in [6.07, 6.45) is 3.14. The molecule has 0 fully saturated rings. The molecule has 2 aromatic carbocycles. The Bertz CT molecular complexity index is 963. The first-order valence-corrected chi connectivity index (χ1v) is 7.87. The van der Waals surface area contributed by atoms with E-state index >= 15 is 0 Å². The Hall–Kier alpha value is -3.48. The molecule has 134 valence electrons. The number of carbonyl (C=O) groups is 1. The number of hydrazone groups is 1. The number of aromatic amines is 1. The Labute approximate surface area is 150 Å². The maximum absolute atomic E-state index is 12.4. The van der Waals surface area contributed by atoms with Gasteiger partial charge in [0, 0.05) is 28.7 Å². The smallest absolute Gasteiger partial charge is 0.273 e. The monoisotopic (exact) mass is 353 g/mol. The van der Waals surface area contributed by atoms with E-state index in [9.17, 15) is 4.79 Å². The van der Waals surface area contributed by atoms with Gasteiger partial charge in [-0.25, -0.2) is 5.43 Å². The first-order chi connectivity index (χ1) is 12.7. The quantitative estimate of drug-likeness (QED) is 0.527. The topological polar surface area (TPSA) is 84.9 Å². The first kappa shape index (κ1) is 17.3. The molecule has 1 heterocycles. The number of hydrogen-bond donors (Lipinski definition) is 2. The average Bonchev–Trinajstić information content (AvgIpc) is 3.11. The fraction of sp³-hybridized carbons (Fsp3) is 0.158. The molecule has 0 atom stereocenters. The minimum Gasteiger partial charge on any atom is -0.497 e. The number of carbonyl (C=O) groups excluding carboxylic acids is 1. The summed E-state index contributed by atoms with van der Waals surface area (Å²) >= 11 is 0. The maximum Gasteiger partial charge on any atom is 0.273 e. The van der Waals surface area contributed by atoms with E-state index in [0.29, 0.717) is 28.4 Å². The second-order valence-corrected chi connectivity index (χ2v) is 5.40. The van der Waals surface area contributed by atoms with Crippen LogP contribution in [0.25, 0.3) is 10.9 Å². The highest BCUT2D eigenvalue weighted by molar-refractivity contribution is 6.06. The number of para-hydroxylation sites is 1. The van der Waals surface area contributed by atoms with Crippen LogP contribution < -0.4 is 19.6 Å². The predicted molar refractivity (Wildman–Crippen MR) is 99.5 cm³/mol. The van der Waals surface area contributed by atoms with Gasteiger partial charge in [-0.05, 0) is 12.1 Å². The van der Waals surface area contributed by atoms with Crippen LogP contribution in [0.5, 0.6) is 17.2 Å². The third kappa shape index (κ3) is 3.32. The summed E-state index contributed by atoms with van der Waals surface area (Å²) in [5.74, 6) is 1.29. The van der Waals surface area contributed by atoms with E-state index in [0.717, 1.165) is 10.9 Å². The number of nitrogens with one attached hydrogen (secondary N) is 2. The van der Waals surface area contributed by atoms with Crippen LogP contribution in [0.1, 0.15) is 15.9 Å². The number of amides is 1. The Morgan fingerprint density at radius 3 is 2.65 bits per heavy atom. The van der Waals surface area contributed by atoms with Crippen molar-refractivity contribution in [3.8, 4) is 17.2 Å². The van der Waals surface area contributed by atoms with Gasteiger partial charge in [-0.2, -0.15) is 5.10 Å². The Morgan fingerprint density at radius 1 is 1.12 bits per heavy atom. The summed E-state index contributed by atoms with van der Waals surface area (Å²) in [7, 11) is 4.63. The van der Waals surface area contributed by atoms with Crippen LogP contribution in [0.15, 0.2) is 47.7 Å². The van der Waals surface area contributed by atoms with Gasteiger partial charge in [-0.1, -0.05) is 18.2 Å². The number of ether oxygens (including phenoxy) is 3. The molecule has 0 aliphatic rings. The van der Waals surface area contributed by atoms with E-state index in [1.165, 1.54) is 20.4 Å². The highest BCUT2D eigenvalue weighted by Crippen LogP contribution is 2.34. The largest absolute Gasteiger partial charge is 0.497 e. The highest BCUT2D eigenvalue weighted by Gasteiger charge is 2.13. The molecular weight excluding hydrogens is 334 g/mol. The van der Waals surface area contributed by atoms with Crippen LogP contribution in [-0.2, 0) is 0 Å². The van der Waals surface area contributed by atoms with Gasteiger partial charge in [-0.15, -0.1) is 0 Å². The zero-order chi connectivity index (χ0) is 18.5. The van der Waals surface area contributed by atoms with Crippen molar-refractivity contribution < 1.29 is 19.0 Å². The molecule has 0 saturated carbocycles. The molecule has 0 bridgehead atoms. The normalized spacial score (nSPS) is 10.9. The molecule has 0 unspecified atom stereocenters. The number of methoxy groups -OCH3 is 3. The van der Waals surface area contributed by atoms with Gasteiger partial charge in [0.25, 0.3) is 5.91 Å². The molecule has 2 N–H and O–H groups in total. The van der Waals surface area contributed by atoms with Gasteiger partial charge in [0.2, 0.25) is 0 Å². The van der Waals surface area contributed by atoms with Crippen LogP contribution in [0.3, 0.4) is 0 Å². The van der Waals surface area contributed by atoms with E-state index in [-0.39, 0.29) is 5.91 Å². The number of H-pyrrole nitrogens is 1. The van der Waals surface area contributed by atoms with Crippen molar-refractivity contribution in [2.24, 2.45) is 5.10 Å². The number of rotatable bonds is 6. The molecule has 26 heavy (non-hydrogen) atoms. The minimum absolute atomic E-state index is 0.312. The molecule has 1 aromatic heterocycles. The van der Waals surface area contributed by atoms with E-state index in [2.05, 4.69) is 15.5 Å². The van der Waals surface area contributed by atoms with Crippen LogP contribution in [0.4, 0.5) is 0 Å². The fourth-order valence-electron chi connectivity index (χ4n) is 2.66. The third-order valence-corrected chi connectivity index (χ3v) is 3.92. The Kier molecular flexibility index (Phi) is 5.07. The molecule has 0 spiro atoms. The Balaban J connectivity index is 1.83. The molecule has 1 amide bonds. The fourth-order valence-corrected chi connectivity index (χ4v) is 2.66. The van der Waals surface area contributed by atoms with Crippen LogP contribution in [0, 0.1) is 0 Å². The van der Waals surface area contributed by atoms with Crippen LogP contribution in [-0.4, -0.2) is 38.4 Å². The SMILES string of the molecule is COc1cc(/C=N\NC(=O)c2c[nH]c3ccccc23)c(OC)c(OC)c1. The predicted octanol–water partition coefficient (Wildman–Crippen LogP) is 2.96.